The van der Waals surface area contributed by atoms with Gasteiger partial charge in [0.05, 0.1) is 10.5 Å². The Hall–Kier alpha value is -0.990. The predicted molar refractivity (Wildman–Crippen MR) is 54.1 cm³/mol. The number of aliphatic hydroxyl groups excluding tert-OH is 1. The van der Waals surface area contributed by atoms with Gasteiger partial charge in [-0.1, -0.05) is 29.8 Å². The first kappa shape index (κ1) is 8.60. The number of halogens is 1. The summed E-state index contributed by atoms with van der Waals surface area (Å²) in [6, 6.07) is 5.91. The van der Waals surface area contributed by atoms with Crippen LogP contribution in [-0.2, 0) is 6.42 Å². The molecule has 0 aliphatic heterocycles. The number of nitrogens with one attached hydrogen (secondary N) is 1. The lowest BCUT2D eigenvalue weighted by molar-refractivity contribution is 0.300. The number of aliphatic hydroxyl groups is 1. The molecule has 0 unspecified atom stereocenters. The van der Waals surface area contributed by atoms with Gasteiger partial charge in [-0.05, 0) is 12.0 Å². The van der Waals surface area contributed by atoms with E-state index in [9.17, 15) is 0 Å². The van der Waals surface area contributed by atoms with Gasteiger partial charge in [-0.3, -0.25) is 0 Å². The minimum Gasteiger partial charge on any atom is -0.396 e. The molecule has 0 spiro atoms. The van der Waals surface area contributed by atoms with Crippen molar-refractivity contribution < 1.29 is 5.11 Å². The quantitative estimate of drug-likeness (QED) is 0.759. The van der Waals surface area contributed by atoms with Crippen LogP contribution in [-0.4, -0.2) is 16.7 Å². The number of aromatic amines is 1. The van der Waals surface area contributed by atoms with E-state index < -0.39 is 0 Å². The molecular weight excluding hydrogens is 186 g/mol. The van der Waals surface area contributed by atoms with Gasteiger partial charge in [0.15, 0.2) is 0 Å². The van der Waals surface area contributed by atoms with Crippen molar-refractivity contribution >= 4 is 22.5 Å². The van der Waals surface area contributed by atoms with E-state index in [0.29, 0.717) is 6.42 Å². The molecule has 0 atom stereocenters. The molecule has 0 amide bonds. The van der Waals surface area contributed by atoms with Crippen molar-refractivity contribution in [3.63, 3.8) is 0 Å². The lowest BCUT2D eigenvalue weighted by atomic mass is 10.1. The molecule has 3 heteroatoms. The van der Waals surface area contributed by atoms with Crippen LogP contribution >= 0.6 is 11.6 Å². The molecule has 0 aliphatic carbocycles. The number of aromatic nitrogens is 1. The van der Waals surface area contributed by atoms with Crippen LogP contribution in [0, 0.1) is 0 Å². The highest BCUT2D eigenvalue weighted by Crippen LogP contribution is 2.25. The van der Waals surface area contributed by atoms with Gasteiger partial charge in [-0.25, -0.2) is 0 Å². The molecule has 1 heterocycles. The number of fused-ring (bicyclic) bond motifs is 1. The number of rotatable bonds is 2. The maximum absolute atomic E-state index is 8.84. The molecule has 0 fully saturated rings. The van der Waals surface area contributed by atoms with Gasteiger partial charge in [0.25, 0.3) is 0 Å². The van der Waals surface area contributed by atoms with Gasteiger partial charge in [-0.15, -0.1) is 0 Å². The molecule has 2 aromatic rings. The van der Waals surface area contributed by atoms with E-state index in [0.717, 1.165) is 21.5 Å². The van der Waals surface area contributed by atoms with Gasteiger partial charge >= 0.3 is 0 Å². The Bertz CT molecular complexity index is 422. The minimum absolute atomic E-state index is 0.162. The Balaban J connectivity index is 2.63. The molecule has 1 aromatic heterocycles. The van der Waals surface area contributed by atoms with Crippen LogP contribution in [0.5, 0.6) is 0 Å². The standard InChI is InChI=1S/C10H10ClNO/c11-9-6-12-10-7(4-5-13)2-1-3-8(9)10/h1-3,6,12-13H,4-5H2. The van der Waals surface area contributed by atoms with E-state index in [2.05, 4.69) is 4.98 Å². The third-order valence-electron chi connectivity index (χ3n) is 2.13. The zero-order valence-electron chi connectivity index (χ0n) is 7.05. The molecule has 68 valence electrons. The molecule has 2 rings (SSSR count). The van der Waals surface area contributed by atoms with Crippen LogP contribution in [0.15, 0.2) is 24.4 Å². The Kier molecular flexibility index (Phi) is 2.25. The summed E-state index contributed by atoms with van der Waals surface area (Å²) in [4.78, 5) is 3.10. The molecule has 0 aliphatic rings. The average Bonchev–Trinajstić information content (AvgIpc) is 2.50. The smallest absolute Gasteiger partial charge is 0.0659 e. The number of H-pyrrole nitrogens is 1. The first-order valence-corrected chi connectivity index (χ1v) is 4.56. The second-order valence-corrected chi connectivity index (χ2v) is 3.36. The molecule has 2 N–H and O–H groups in total. The van der Waals surface area contributed by atoms with E-state index in [1.54, 1.807) is 6.20 Å². The topological polar surface area (TPSA) is 36.0 Å². The number of benzene rings is 1. The largest absolute Gasteiger partial charge is 0.396 e. The van der Waals surface area contributed by atoms with Crippen LogP contribution < -0.4 is 0 Å². The third-order valence-corrected chi connectivity index (χ3v) is 2.45. The van der Waals surface area contributed by atoms with Crippen LogP contribution in [0.1, 0.15) is 5.56 Å². The van der Waals surface area contributed by atoms with Crippen molar-refractivity contribution in [3.8, 4) is 0 Å². The van der Waals surface area contributed by atoms with Crippen LogP contribution in [0.25, 0.3) is 10.9 Å². The van der Waals surface area contributed by atoms with Crippen LogP contribution in [0.3, 0.4) is 0 Å². The summed E-state index contributed by atoms with van der Waals surface area (Å²) in [5.74, 6) is 0. The second-order valence-electron chi connectivity index (χ2n) is 2.95. The summed E-state index contributed by atoms with van der Waals surface area (Å²) in [6.45, 7) is 0.162. The van der Waals surface area contributed by atoms with Crippen molar-refractivity contribution in [2.24, 2.45) is 0 Å². The van der Waals surface area contributed by atoms with E-state index >= 15 is 0 Å². The summed E-state index contributed by atoms with van der Waals surface area (Å²) < 4.78 is 0. The Labute approximate surface area is 81.1 Å². The van der Waals surface area contributed by atoms with E-state index in [1.165, 1.54) is 0 Å². The predicted octanol–water partition coefficient (Wildman–Crippen LogP) is 2.36. The summed E-state index contributed by atoms with van der Waals surface area (Å²) >= 11 is 5.95. The van der Waals surface area contributed by atoms with Gasteiger partial charge in [-0.2, -0.15) is 0 Å². The van der Waals surface area contributed by atoms with Crippen LogP contribution in [0.4, 0.5) is 0 Å². The van der Waals surface area contributed by atoms with Crippen molar-refractivity contribution in [1.82, 2.24) is 4.98 Å². The van der Waals surface area contributed by atoms with Crippen molar-refractivity contribution in [1.29, 1.82) is 0 Å². The highest BCUT2D eigenvalue weighted by Gasteiger charge is 2.04. The monoisotopic (exact) mass is 195 g/mol. The Morgan fingerprint density at radius 3 is 3.00 bits per heavy atom. The molecule has 0 radical (unpaired) electrons. The van der Waals surface area contributed by atoms with Gasteiger partial charge < -0.3 is 10.1 Å². The molecule has 0 bridgehead atoms. The fraction of sp³-hybridized carbons (Fsp3) is 0.200. The number of hydrogen-bond donors (Lipinski definition) is 2. The SMILES string of the molecule is OCCc1cccc2c(Cl)c[nH]c12. The molecule has 13 heavy (non-hydrogen) atoms. The number of para-hydroxylation sites is 1. The zero-order chi connectivity index (χ0) is 9.26. The van der Waals surface area contributed by atoms with Gasteiger partial charge in [0.1, 0.15) is 0 Å². The zero-order valence-corrected chi connectivity index (χ0v) is 7.80. The average molecular weight is 196 g/mol. The third kappa shape index (κ3) is 1.43. The Morgan fingerprint density at radius 2 is 2.23 bits per heavy atom. The maximum Gasteiger partial charge on any atom is 0.0659 e. The van der Waals surface area contributed by atoms with Crippen molar-refractivity contribution in [2.75, 3.05) is 6.61 Å². The van der Waals surface area contributed by atoms with E-state index in [4.69, 9.17) is 16.7 Å². The molecule has 0 saturated heterocycles. The van der Waals surface area contributed by atoms with Gasteiger partial charge in [0.2, 0.25) is 0 Å². The normalized spacial score (nSPS) is 10.9. The van der Waals surface area contributed by atoms with Gasteiger partial charge in [0, 0.05) is 18.2 Å². The lowest BCUT2D eigenvalue weighted by Crippen LogP contribution is -1.91. The molecule has 0 saturated carbocycles. The summed E-state index contributed by atoms with van der Waals surface area (Å²) in [6.07, 6.45) is 2.43. The van der Waals surface area contributed by atoms with Crippen molar-refractivity contribution in [2.45, 2.75) is 6.42 Å². The van der Waals surface area contributed by atoms with E-state index in [-0.39, 0.29) is 6.61 Å². The fourth-order valence-corrected chi connectivity index (χ4v) is 1.72. The fourth-order valence-electron chi connectivity index (χ4n) is 1.51. The number of hydrogen-bond acceptors (Lipinski definition) is 1. The second kappa shape index (κ2) is 3.40. The molecule has 2 nitrogen and oxygen atoms in total. The van der Waals surface area contributed by atoms with Crippen molar-refractivity contribution in [3.05, 3.63) is 35.0 Å². The maximum atomic E-state index is 8.84. The first-order valence-electron chi connectivity index (χ1n) is 4.18. The first-order chi connectivity index (χ1) is 6.33. The summed E-state index contributed by atoms with van der Waals surface area (Å²) in [5.41, 5.74) is 2.13. The molecular formula is C10H10ClNO. The van der Waals surface area contributed by atoms with Crippen LogP contribution in [0.2, 0.25) is 5.02 Å². The minimum atomic E-state index is 0.162. The lowest BCUT2D eigenvalue weighted by Gasteiger charge is -1.99. The van der Waals surface area contributed by atoms with E-state index in [1.807, 2.05) is 18.2 Å². The Morgan fingerprint density at radius 1 is 1.38 bits per heavy atom. The highest BCUT2D eigenvalue weighted by atomic mass is 35.5. The molecule has 1 aromatic carbocycles. The summed E-state index contributed by atoms with van der Waals surface area (Å²) in [5, 5.41) is 10.6. The highest BCUT2D eigenvalue weighted by molar-refractivity contribution is 6.35. The summed E-state index contributed by atoms with van der Waals surface area (Å²) in [7, 11) is 0.